The Balaban J connectivity index is 1.30. The Morgan fingerprint density at radius 2 is 1.65 bits per heavy atom. The third-order valence-electron chi connectivity index (χ3n) is 5.58. The van der Waals surface area contributed by atoms with Gasteiger partial charge in [-0.3, -0.25) is 9.59 Å². The van der Waals surface area contributed by atoms with Gasteiger partial charge in [-0.25, -0.2) is 4.39 Å². The zero-order valence-corrected chi connectivity index (χ0v) is 17.5. The van der Waals surface area contributed by atoms with Crippen molar-refractivity contribution < 1.29 is 14.0 Å². The highest BCUT2D eigenvalue weighted by molar-refractivity contribution is 7.99. The molecule has 1 fully saturated rings. The minimum absolute atomic E-state index is 0.0532. The molecule has 5 nitrogen and oxygen atoms in total. The number of nitrogens with zero attached hydrogens (tertiary/aromatic N) is 2. The summed E-state index contributed by atoms with van der Waals surface area (Å²) in [6.07, 6.45) is 0. The zero-order chi connectivity index (χ0) is 21.4. The van der Waals surface area contributed by atoms with Crippen LogP contribution in [0.4, 0.5) is 15.8 Å². The van der Waals surface area contributed by atoms with Crippen LogP contribution in [-0.2, 0) is 0 Å². The molecule has 0 aromatic heterocycles. The van der Waals surface area contributed by atoms with Gasteiger partial charge >= 0.3 is 0 Å². The van der Waals surface area contributed by atoms with Gasteiger partial charge in [0.25, 0.3) is 11.8 Å². The number of amides is 2. The van der Waals surface area contributed by atoms with E-state index in [1.165, 1.54) is 23.9 Å². The maximum absolute atomic E-state index is 13.2. The maximum atomic E-state index is 13.2. The summed E-state index contributed by atoms with van der Waals surface area (Å²) in [6.45, 7) is 2.54. The van der Waals surface area contributed by atoms with E-state index in [9.17, 15) is 14.0 Å². The fourth-order valence-corrected chi connectivity index (χ4v) is 4.91. The number of anilines is 2. The second-order valence-electron chi connectivity index (χ2n) is 7.52. The van der Waals surface area contributed by atoms with Crippen LogP contribution in [0.3, 0.4) is 0 Å². The van der Waals surface area contributed by atoms with Crippen molar-refractivity contribution in [1.82, 2.24) is 4.90 Å². The Labute approximate surface area is 183 Å². The van der Waals surface area contributed by atoms with Crippen molar-refractivity contribution in [2.24, 2.45) is 0 Å². The largest absolute Gasteiger partial charge is 0.368 e. The SMILES string of the molecule is O=C1Nc2cc(C(=O)N3CCN(c4ccc(F)cc4)CC3)ccc2Sc2ccccc21. The van der Waals surface area contributed by atoms with Gasteiger partial charge in [0.1, 0.15) is 5.82 Å². The van der Waals surface area contributed by atoms with Gasteiger partial charge in [-0.1, -0.05) is 23.9 Å². The Bertz CT molecular complexity index is 1160. The number of carbonyl (C=O) groups excluding carboxylic acids is 2. The highest BCUT2D eigenvalue weighted by Gasteiger charge is 2.25. The van der Waals surface area contributed by atoms with Crippen molar-refractivity contribution >= 4 is 35.0 Å². The molecule has 1 N–H and O–H groups in total. The van der Waals surface area contributed by atoms with Crippen LogP contribution in [-0.4, -0.2) is 42.9 Å². The van der Waals surface area contributed by atoms with Crippen molar-refractivity contribution in [3.05, 3.63) is 83.7 Å². The Kier molecular flexibility index (Phi) is 5.11. The van der Waals surface area contributed by atoms with E-state index in [0.717, 1.165) is 15.5 Å². The lowest BCUT2D eigenvalue weighted by atomic mass is 10.1. The van der Waals surface area contributed by atoms with E-state index in [-0.39, 0.29) is 17.6 Å². The number of nitrogens with one attached hydrogen (secondary N) is 1. The van der Waals surface area contributed by atoms with E-state index in [1.54, 1.807) is 24.3 Å². The predicted molar refractivity (Wildman–Crippen MR) is 119 cm³/mol. The first kappa shape index (κ1) is 19.6. The van der Waals surface area contributed by atoms with E-state index in [1.807, 2.05) is 35.2 Å². The molecule has 0 atom stereocenters. The fourth-order valence-electron chi connectivity index (χ4n) is 3.90. The molecule has 0 unspecified atom stereocenters. The highest BCUT2D eigenvalue weighted by atomic mass is 32.2. The lowest BCUT2D eigenvalue weighted by Crippen LogP contribution is -2.48. The number of benzene rings is 3. The van der Waals surface area contributed by atoms with Crippen molar-refractivity contribution in [1.29, 1.82) is 0 Å². The quantitative estimate of drug-likeness (QED) is 0.646. The van der Waals surface area contributed by atoms with Crippen molar-refractivity contribution in [2.75, 3.05) is 36.4 Å². The Hall–Kier alpha value is -3.32. The van der Waals surface area contributed by atoms with Gasteiger partial charge in [0, 0.05) is 47.2 Å². The molecular formula is C24H20FN3O2S. The fraction of sp³-hybridized carbons (Fsp3) is 0.167. The molecule has 2 aliphatic heterocycles. The number of hydrogen-bond acceptors (Lipinski definition) is 4. The predicted octanol–water partition coefficient (Wildman–Crippen LogP) is 4.51. The van der Waals surface area contributed by atoms with E-state index < -0.39 is 0 Å². The molecule has 5 rings (SSSR count). The van der Waals surface area contributed by atoms with Crippen LogP contribution in [0.15, 0.2) is 76.5 Å². The normalized spacial score (nSPS) is 15.6. The maximum Gasteiger partial charge on any atom is 0.256 e. The molecule has 0 radical (unpaired) electrons. The molecule has 7 heteroatoms. The molecule has 0 bridgehead atoms. The molecule has 2 heterocycles. The average Bonchev–Trinajstić information content (AvgIpc) is 2.94. The van der Waals surface area contributed by atoms with Gasteiger partial charge in [0.05, 0.1) is 11.3 Å². The molecule has 3 aromatic carbocycles. The number of piperazine rings is 1. The highest BCUT2D eigenvalue weighted by Crippen LogP contribution is 2.39. The van der Waals surface area contributed by atoms with Gasteiger partial charge in [-0.05, 0) is 54.6 Å². The summed E-state index contributed by atoms with van der Waals surface area (Å²) < 4.78 is 13.2. The van der Waals surface area contributed by atoms with Crippen LogP contribution < -0.4 is 10.2 Å². The summed E-state index contributed by atoms with van der Waals surface area (Å²) >= 11 is 1.52. The zero-order valence-electron chi connectivity index (χ0n) is 16.7. The number of rotatable bonds is 2. The number of halogens is 1. The third-order valence-corrected chi connectivity index (χ3v) is 6.74. The minimum Gasteiger partial charge on any atom is -0.368 e. The first-order valence-corrected chi connectivity index (χ1v) is 10.9. The van der Waals surface area contributed by atoms with E-state index in [0.29, 0.717) is 43.0 Å². The molecule has 1 saturated heterocycles. The van der Waals surface area contributed by atoms with Crippen LogP contribution in [0.2, 0.25) is 0 Å². The van der Waals surface area contributed by atoms with Gasteiger partial charge in [-0.15, -0.1) is 0 Å². The molecule has 156 valence electrons. The summed E-state index contributed by atoms with van der Waals surface area (Å²) in [5, 5.41) is 2.94. The minimum atomic E-state index is -0.255. The van der Waals surface area contributed by atoms with Gasteiger partial charge in [0.2, 0.25) is 0 Å². The number of fused-ring (bicyclic) bond motifs is 2. The Morgan fingerprint density at radius 3 is 2.42 bits per heavy atom. The van der Waals surface area contributed by atoms with Crippen LogP contribution in [0, 0.1) is 5.82 Å². The van der Waals surface area contributed by atoms with Gasteiger partial charge in [-0.2, -0.15) is 0 Å². The van der Waals surface area contributed by atoms with Crippen molar-refractivity contribution in [3.8, 4) is 0 Å². The van der Waals surface area contributed by atoms with Gasteiger partial charge < -0.3 is 15.1 Å². The van der Waals surface area contributed by atoms with E-state index in [2.05, 4.69) is 10.2 Å². The van der Waals surface area contributed by atoms with E-state index >= 15 is 0 Å². The van der Waals surface area contributed by atoms with Crippen molar-refractivity contribution in [2.45, 2.75) is 9.79 Å². The Morgan fingerprint density at radius 1 is 0.903 bits per heavy atom. The molecule has 0 spiro atoms. The summed E-state index contributed by atoms with van der Waals surface area (Å²) in [4.78, 5) is 31.5. The summed E-state index contributed by atoms with van der Waals surface area (Å²) in [6, 6.07) is 19.4. The van der Waals surface area contributed by atoms with Crippen LogP contribution >= 0.6 is 11.8 Å². The molecular weight excluding hydrogens is 413 g/mol. The molecule has 3 aromatic rings. The van der Waals surface area contributed by atoms with Crippen LogP contribution in [0.5, 0.6) is 0 Å². The molecule has 31 heavy (non-hydrogen) atoms. The molecule has 2 aliphatic rings. The van der Waals surface area contributed by atoms with Gasteiger partial charge in [0.15, 0.2) is 0 Å². The number of hydrogen-bond donors (Lipinski definition) is 1. The van der Waals surface area contributed by atoms with E-state index in [4.69, 9.17) is 0 Å². The van der Waals surface area contributed by atoms with Crippen LogP contribution in [0.1, 0.15) is 20.7 Å². The second-order valence-corrected chi connectivity index (χ2v) is 8.60. The van der Waals surface area contributed by atoms with Crippen molar-refractivity contribution in [3.63, 3.8) is 0 Å². The average molecular weight is 434 g/mol. The number of carbonyl (C=O) groups is 2. The first-order chi connectivity index (χ1) is 15.1. The molecule has 2 amide bonds. The monoisotopic (exact) mass is 433 g/mol. The molecule has 0 aliphatic carbocycles. The van der Waals surface area contributed by atoms with Crippen LogP contribution in [0.25, 0.3) is 0 Å². The molecule has 0 saturated carbocycles. The summed E-state index contributed by atoms with van der Waals surface area (Å²) in [5.41, 5.74) is 2.80. The summed E-state index contributed by atoms with van der Waals surface area (Å²) in [7, 11) is 0. The standard InChI is InChI=1S/C24H20FN3O2S/c25-17-6-8-18(9-7-17)27-11-13-28(14-12-27)24(30)16-5-10-22-20(15-16)26-23(29)19-3-1-2-4-21(19)31-22/h1-10,15H,11-14H2,(H,26,29). The second kappa shape index (κ2) is 8.07. The smallest absolute Gasteiger partial charge is 0.256 e. The lowest BCUT2D eigenvalue weighted by molar-refractivity contribution is 0.0746. The summed E-state index contributed by atoms with van der Waals surface area (Å²) in [5.74, 6) is -0.476. The topological polar surface area (TPSA) is 52.7 Å². The lowest BCUT2D eigenvalue weighted by Gasteiger charge is -2.36. The first-order valence-electron chi connectivity index (χ1n) is 10.1. The third kappa shape index (κ3) is 3.88.